The fourth-order valence-corrected chi connectivity index (χ4v) is 2.50. The maximum absolute atomic E-state index is 13.3. The van der Waals surface area contributed by atoms with Gasteiger partial charge >= 0.3 is 0 Å². The van der Waals surface area contributed by atoms with Gasteiger partial charge in [0.25, 0.3) is 0 Å². The van der Waals surface area contributed by atoms with Gasteiger partial charge in [0.2, 0.25) is 0 Å². The Balaban J connectivity index is 1.96. The smallest absolute Gasteiger partial charge is 0.123 e. The van der Waals surface area contributed by atoms with Crippen molar-refractivity contribution in [1.29, 1.82) is 0 Å². The van der Waals surface area contributed by atoms with Crippen molar-refractivity contribution in [1.82, 2.24) is 5.43 Å². The summed E-state index contributed by atoms with van der Waals surface area (Å²) in [6, 6.07) is 12.9. The van der Waals surface area contributed by atoms with Crippen LogP contribution < -0.4 is 11.3 Å². The molecule has 112 valence electrons. The molecule has 1 atom stereocenters. The van der Waals surface area contributed by atoms with E-state index in [9.17, 15) is 4.39 Å². The van der Waals surface area contributed by atoms with Gasteiger partial charge < -0.3 is 0 Å². The average molecular weight is 307 g/mol. The lowest BCUT2D eigenvalue weighted by molar-refractivity contribution is 0.490. The molecule has 2 nitrogen and oxygen atoms in total. The van der Waals surface area contributed by atoms with Crippen molar-refractivity contribution >= 4 is 11.6 Å². The summed E-state index contributed by atoms with van der Waals surface area (Å²) in [6.07, 6.45) is 2.40. The minimum Gasteiger partial charge on any atom is -0.271 e. The lowest BCUT2D eigenvalue weighted by Gasteiger charge is -2.17. The first-order valence-electron chi connectivity index (χ1n) is 7.04. The lowest BCUT2D eigenvalue weighted by Crippen LogP contribution is -2.37. The van der Waals surface area contributed by atoms with Gasteiger partial charge in [-0.15, -0.1) is 0 Å². The summed E-state index contributed by atoms with van der Waals surface area (Å²) >= 11 is 6.10. The molecule has 0 heterocycles. The second kappa shape index (κ2) is 7.55. The topological polar surface area (TPSA) is 38.0 Å². The fourth-order valence-electron chi connectivity index (χ4n) is 2.31. The summed E-state index contributed by atoms with van der Waals surface area (Å²) < 4.78 is 13.3. The van der Waals surface area contributed by atoms with Gasteiger partial charge in [0.15, 0.2) is 0 Å². The van der Waals surface area contributed by atoms with E-state index in [0.29, 0.717) is 11.4 Å². The molecule has 0 aromatic heterocycles. The Kier molecular flexibility index (Phi) is 5.74. The lowest BCUT2D eigenvalue weighted by atomic mass is 9.99. The van der Waals surface area contributed by atoms with Gasteiger partial charge in [-0.2, -0.15) is 0 Å². The van der Waals surface area contributed by atoms with Crippen LogP contribution in [-0.4, -0.2) is 6.04 Å². The van der Waals surface area contributed by atoms with Gasteiger partial charge in [-0.05, 0) is 55.5 Å². The third-order valence-electron chi connectivity index (χ3n) is 3.61. The monoisotopic (exact) mass is 306 g/mol. The molecular weight excluding hydrogens is 287 g/mol. The number of rotatable bonds is 6. The number of nitrogens with one attached hydrogen (secondary N) is 1. The van der Waals surface area contributed by atoms with Crippen LogP contribution in [0.1, 0.15) is 23.1 Å². The second-order valence-corrected chi connectivity index (χ2v) is 5.73. The van der Waals surface area contributed by atoms with Crippen molar-refractivity contribution in [2.45, 2.75) is 32.2 Å². The molecule has 0 saturated carbocycles. The molecule has 0 aliphatic heterocycles. The highest BCUT2D eigenvalue weighted by Gasteiger charge is 2.11. The zero-order valence-corrected chi connectivity index (χ0v) is 12.8. The first-order chi connectivity index (χ1) is 10.1. The summed E-state index contributed by atoms with van der Waals surface area (Å²) in [7, 11) is 0. The predicted octanol–water partition coefficient (Wildman–Crippen LogP) is 3.79. The largest absolute Gasteiger partial charge is 0.271 e. The summed E-state index contributed by atoms with van der Waals surface area (Å²) in [5.74, 6) is 5.34. The zero-order valence-electron chi connectivity index (χ0n) is 12.1. The molecule has 2 rings (SSSR count). The number of hydrogen-bond acceptors (Lipinski definition) is 2. The van der Waals surface area contributed by atoms with Gasteiger partial charge in [-0.1, -0.05) is 41.4 Å². The van der Waals surface area contributed by atoms with Crippen LogP contribution in [0.3, 0.4) is 0 Å². The van der Waals surface area contributed by atoms with Crippen molar-refractivity contribution in [2.24, 2.45) is 5.84 Å². The fraction of sp³-hybridized carbons (Fsp3) is 0.294. The third kappa shape index (κ3) is 4.81. The van der Waals surface area contributed by atoms with Crippen molar-refractivity contribution in [2.75, 3.05) is 0 Å². The molecule has 0 amide bonds. The van der Waals surface area contributed by atoms with E-state index in [1.165, 1.54) is 23.3 Å². The van der Waals surface area contributed by atoms with E-state index in [1.807, 2.05) is 0 Å². The van der Waals surface area contributed by atoms with Crippen LogP contribution in [0.2, 0.25) is 5.02 Å². The van der Waals surface area contributed by atoms with E-state index in [1.54, 1.807) is 6.07 Å². The van der Waals surface area contributed by atoms with Crippen molar-refractivity contribution < 1.29 is 4.39 Å². The molecule has 0 aliphatic carbocycles. The minimum absolute atomic E-state index is 0.0607. The highest BCUT2D eigenvalue weighted by Crippen LogP contribution is 2.20. The van der Waals surface area contributed by atoms with Crippen LogP contribution in [0, 0.1) is 12.7 Å². The van der Waals surface area contributed by atoms with Crippen molar-refractivity contribution in [3.63, 3.8) is 0 Å². The van der Waals surface area contributed by atoms with E-state index in [4.69, 9.17) is 17.4 Å². The molecule has 0 spiro atoms. The molecule has 1 unspecified atom stereocenters. The summed E-state index contributed by atoms with van der Waals surface area (Å²) in [4.78, 5) is 0. The van der Waals surface area contributed by atoms with Crippen molar-refractivity contribution in [3.8, 4) is 0 Å². The molecule has 2 aromatic carbocycles. The molecule has 2 aromatic rings. The van der Waals surface area contributed by atoms with Crippen LogP contribution in [-0.2, 0) is 12.8 Å². The Morgan fingerprint density at radius 3 is 2.57 bits per heavy atom. The Morgan fingerprint density at radius 1 is 1.19 bits per heavy atom. The number of benzene rings is 2. The molecule has 21 heavy (non-hydrogen) atoms. The van der Waals surface area contributed by atoms with Crippen LogP contribution >= 0.6 is 11.6 Å². The second-order valence-electron chi connectivity index (χ2n) is 5.33. The molecule has 0 saturated heterocycles. The Bertz CT molecular complexity index is 584. The highest BCUT2D eigenvalue weighted by molar-refractivity contribution is 6.31. The van der Waals surface area contributed by atoms with Crippen LogP contribution in [0.5, 0.6) is 0 Å². The number of hydrogen-bond donors (Lipinski definition) is 2. The van der Waals surface area contributed by atoms with Gasteiger partial charge in [-0.25, -0.2) is 4.39 Å². The van der Waals surface area contributed by atoms with Crippen molar-refractivity contribution in [3.05, 3.63) is 70.0 Å². The Labute approximate surface area is 130 Å². The quantitative estimate of drug-likeness (QED) is 0.629. The standard InChI is InChI=1S/C17H20ClFN2/c1-12-2-4-13(5-3-12)6-8-16(21-20)11-14-10-15(19)7-9-17(14)18/h2-5,7,9-10,16,21H,6,8,11,20H2,1H3. The Hall–Kier alpha value is -1.42. The summed E-state index contributed by atoms with van der Waals surface area (Å²) in [5, 5.41) is 0.576. The number of halogens is 2. The van der Waals surface area contributed by atoms with Gasteiger partial charge in [0.05, 0.1) is 0 Å². The first-order valence-corrected chi connectivity index (χ1v) is 7.42. The van der Waals surface area contributed by atoms with E-state index < -0.39 is 0 Å². The minimum atomic E-state index is -0.274. The highest BCUT2D eigenvalue weighted by atomic mass is 35.5. The zero-order chi connectivity index (χ0) is 15.2. The maximum atomic E-state index is 13.3. The number of aryl methyl sites for hydroxylation is 2. The van der Waals surface area contributed by atoms with E-state index >= 15 is 0 Å². The molecule has 0 radical (unpaired) electrons. The maximum Gasteiger partial charge on any atom is 0.123 e. The molecule has 4 heteroatoms. The van der Waals surface area contributed by atoms with Crippen LogP contribution in [0.15, 0.2) is 42.5 Å². The first kappa shape index (κ1) is 16.0. The average Bonchev–Trinajstić information content (AvgIpc) is 2.48. The van der Waals surface area contributed by atoms with Gasteiger partial charge in [-0.3, -0.25) is 11.3 Å². The van der Waals surface area contributed by atoms with Gasteiger partial charge in [0.1, 0.15) is 5.82 Å². The molecule has 0 aliphatic rings. The van der Waals surface area contributed by atoms with E-state index in [0.717, 1.165) is 18.4 Å². The number of hydrazine groups is 1. The molecule has 0 bridgehead atoms. The third-order valence-corrected chi connectivity index (χ3v) is 3.98. The summed E-state index contributed by atoms with van der Waals surface area (Å²) in [5.41, 5.74) is 6.10. The molecular formula is C17H20ClFN2. The van der Waals surface area contributed by atoms with E-state index in [2.05, 4.69) is 36.6 Å². The normalized spacial score (nSPS) is 12.4. The number of nitrogens with two attached hydrogens (primary N) is 1. The van der Waals surface area contributed by atoms with Crippen LogP contribution in [0.25, 0.3) is 0 Å². The van der Waals surface area contributed by atoms with E-state index in [-0.39, 0.29) is 11.9 Å². The molecule has 0 fully saturated rings. The summed E-state index contributed by atoms with van der Waals surface area (Å²) in [6.45, 7) is 2.07. The van der Waals surface area contributed by atoms with Gasteiger partial charge in [0, 0.05) is 11.1 Å². The predicted molar refractivity (Wildman–Crippen MR) is 85.7 cm³/mol. The SMILES string of the molecule is Cc1ccc(CCC(Cc2cc(F)ccc2Cl)NN)cc1. The Morgan fingerprint density at radius 2 is 1.90 bits per heavy atom. The van der Waals surface area contributed by atoms with Crippen LogP contribution in [0.4, 0.5) is 4.39 Å². The molecule has 3 N–H and O–H groups in total.